The van der Waals surface area contributed by atoms with E-state index in [1.165, 1.54) is 11.0 Å². The minimum atomic E-state index is -4.63. The van der Waals surface area contributed by atoms with Crippen LogP contribution < -0.4 is 9.63 Å². The summed E-state index contributed by atoms with van der Waals surface area (Å²) in [5.41, 5.74) is -0.539. The number of halogens is 7. The molecule has 0 saturated carbocycles. The molecule has 2 aromatic heterocycles. The van der Waals surface area contributed by atoms with Crippen molar-refractivity contribution in [3.63, 3.8) is 0 Å². The molecule has 1 amide bonds. The Morgan fingerprint density at radius 3 is 2.50 bits per heavy atom. The summed E-state index contributed by atoms with van der Waals surface area (Å²) in [6.45, 7) is 2.51. The predicted molar refractivity (Wildman–Crippen MR) is 121 cm³/mol. The minimum absolute atomic E-state index is 0.0666. The molecular formula is C23H22ClF6N6O2+. The van der Waals surface area contributed by atoms with Gasteiger partial charge in [-0.1, -0.05) is 18.5 Å². The van der Waals surface area contributed by atoms with Crippen molar-refractivity contribution in [1.82, 2.24) is 19.7 Å². The van der Waals surface area contributed by atoms with Crippen molar-refractivity contribution in [3.05, 3.63) is 46.6 Å². The Kier molecular flexibility index (Phi) is 6.35. The Balaban J connectivity index is 1.35. The molecule has 0 spiro atoms. The molecule has 38 heavy (non-hydrogen) atoms. The van der Waals surface area contributed by atoms with Crippen LogP contribution in [0.25, 0.3) is 10.9 Å². The second-order valence-electron chi connectivity index (χ2n) is 9.57. The molecule has 4 heterocycles. The first kappa shape index (κ1) is 26.3. The molecule has 3 aromatic rings. The highest BCUT2D eigenvalue weighted by Crippen LogP contribution is 2.39. The van der Waals surface area contributed by atoms with E-state index >= 15 is 0 Å². The zero-order valence-electron chi connectivity index (χ0n) is 19.9. The average Bonchev–Trinajstić information content (AvgIpc) is 3.27. The van der Waals surface area contributed by atoms with Gasteiger partial charge in [0.1, 0.15) is 5.02 Å². The van der Waals surface area contributed by atoms with Gasteiger partial charge in [-0.15, -0.1) is 10.2 Å². The number of rotatable bonds is 2. The normalized spacial score (nSPS) is 20.6. The number of benzene rings is 1. The van der Waals surface area contributed by atoms with E-state index in [0.29, 0.717) is 35.3 Å². The number of carbonyl (C=O) groups is 1. The van der Waals surface area contributed by atoms with Crippen LogP contribution in [0.4, 0.5) is 32.0 Å². The summed E-state index contributed by atoms with van der Waals surface area (Å²) >= 11 is 6.41. The van der Waals surface area contributed by atoms with Crippen LogP contribution >= 0.6 is 11.6 Å². The SMILES string of the molecule is C[C@@H]1CN(c2c(Cl)c[n+](O)c3cc(C(F)(F)F)ccc23)CC[C@@H]1C(=O)N1CCn2c(nnc2C(F)(F)F)C1. The van der Waals surface area contributed by atoms with Gasteiger partial charge in [-0.3, -0.25) is 10.0 Å². The van der Waals surface area contributed by atoms with Gasteiger partial charge in [-0.25, -0.2) is 0 Å². The van der Waals surface area contributed by atoms with Gasteiger partial charge < -0.3 is 14.4 Å². The minimum Gasteiger partial charge on any atom is -0.369 e. The van der Waals surface area contributed by atoms with Crippen molar-refractivity contribution in [3.8, 4) is 0 Å². The second kappa shape index (κ2) is 9.17. The predicted octanol–water partition coefficient (Wildman–Crippen LogP) is 4.15. The van der Waals surface area contributed by atoms with Crippen LogP contribution in [0.15, 0.2) is 24.4 Å². The third kappa shape index (κ3) is 4.58. The van der Waals surface area contributed by atoms with E-state index in [0.717, 1.165) is 22.9 Å². The Morgan fingerprint density at radius 2 is 1.84 bits per heavy atom. The summed E-state index contributed by atoms with van der Waals surface area (Å²) in [4.78, 5) is 16.7. The van der Waals surface area contributed by atoms with E-state index < -0.39 is 29.7 Å². The molecule has 1 aromatic carbocycles. The van der Waals surface area contributed by atoms with Crippen molar-refractivity contribution in [2.24, 2.45) is 11.8 Å². The molecule has 0 radical (unpaired) electrons. The van der Waals surface area contributed by atoms with E-state index in [1.54, 1.807) is 0 Å². The Hall–Kier alpha value is -3.29. The lowest BCUT2D eigenvalue weighted by Crippen LogP contribution is -2.49. The fourth-order valence-corrected chi connectivity index (χ4v) is 5.61. The molecule has 1 fully saturated rings. The fourth-order valence-electron chi connectivity index (χ4n) is 5.29. The lowest BCUT2D eigenvalue weighted by atomic mass is 9.85. The van der Waals surface area contributed by atoms with Gasteiger partial charge in [-0.2, -0.15) is 26.3 Å². The van der Waals surface area contributed by atoms with Crippen molar-refractivity contribution in [2.75, 3.05) is 24.5 Å². The maximum Gasteiger partial charge on any atom is 0.451 e. The van der Waals surface area contributed by atoms with Crippen molar-refractivity contribution in [2.45, 2.75) is 38.8 Å². The van der Waals surface area contributed by atoms with E-state index in [-0.39, 0.29) is 47.8 Å². The molecular weight excluding hydrogens is 542 g/mol. The molecule has 1 saturated heterocycles. The van der Waals surface area contributed by atoms with Gasteiger partial charge in [0, 0.05) is 42.9 Å². The topological polar surface area (TPSA) is 78.4 Å². The lowest BCUT2D eigenvalue weighted by molar-refractivity contribution is -0.884. The van der Waals surface area contributed by atoms with Crippen LogP contribution in [0, 0.1) is 11.8 Å². The second-order valence-corrected chi connectivity index (χ2v) is 9.97. The van der Waals surface area contributed by atoms with E-state index in [1.807, 2.05) is 11.8 Å². The molecule has 15 heteroatoms. The van der Waals surface area contributed by atoms with Gasteiger partial charge in [0.05, 0.1) is 23.2 Å². The maximum atomic E-state index is 13.3. The molecule has 2 aliphatic heterocycles. The number of anilines is 1. The highest BCUT2D eigenvalue weighted by molar-refractivity contribution is 6.34. The van der Waals surface area contributed by atoms with Crippen LogP contribution in [0.2, 0.25) is 5.02 Å². The lowest BCUT2D eigenvalue weighted by Gasteiger charge is -2.40. The number of aromatic nitrogens is 4. The van der Waals surface area contributed by atoms with Gasteiger partial charge in [0.25, 0.3) is 5.52 Å². The summed E-state index contributed by atoms with van der Waals surface area (Å²) in [7, 11) is 0. The number of hydrogen-bond donors (Lipinski definition) is 1. The number of nitrogens with zero attached hydrogens (tertiary/aromatic N) is 6. The zero-order valence-corrected chi connectivity index (χ0v) is 20.6. The molecule has 8 nitrogen and oxygen atoms in total. The Labute approximate surface area is 217 Å². The molecule has 2 atom stereocenters. The molecule has 0 aliphatic carbocycles. The fraction of sp³-hybridized carbons (Fsp3) is 0.478. The number of hydrogen-bond acceptors (Lipinski definition) is 5. The quantitative estimate of drug-likeness (QED) is 0.288. The van der Waals surface area contributed by atoms with Gasteiger partial charge in [0.2, 0.25) is 17.9 Å². The molecule has 1 N–H and O–H groups in total. The van der Waals surface area contributed by atoms with E-state index in [9.17, 15) is 36.3 Å². The number of carbonyl (C=O) groups excluding carboxylic acids is 1. The number of fused-ring (bicyclic) bond motifs is 2. The van der Waals surface area contributed by atoms with Crippen LogP contribution in [-0.4, -0.2) is 50.4 Å². The summed E-state index contributed by atoms with van der Waals surface area (Å²) in [5, 5.41) is 17.5. The summed E-state index contributed by atoms with van der Waals surface area (Å²) in [6.07, 6.45) is -7.71. The first-order valence-corrected chi connectivity index (χ1v) is 12.1. The summed E-state index contributed by atoms with van der Waals surface area (Å²) < 4.78 is 80.6. The van der Waals surface area contributed by atoms with Gasteiger partial charge in [-0.05, 0) is 24.5 Å². The summed E-state index contributed by atoms with van der Waals surface area (Å²) in [6, 6.07) is 3.02. The Bertz CT molecular complexity index is 1410. The zero-order chi connectivity index (χ0) is 27.6. The van der Waals surface area contributed by atoms with Crippen LogP contribution in [0.3, 0.4) is 0 Å². The van der Waals surface area contributed by atoms with Crippen LogP contribution in [0.5, 0.6) is 0 Å². The largest absolute Gasteiger partial charge is 0.451 e. The number of amides is 1. The molecule has 2 aliphatic rings. The first-order valence-electron chi connectivity index (χ1n) is 11.7. The highest BCUT2D eigenvalue weighted by atomic mass is 35.5. The molecule has 0 unspecified atom stereocenters. The number of pyridine rings is 1. The van der Waals surface area contributed by atoms with Crippen molar-refractivity contribution >= 4 is 34.1 Å². The van der Waals surface area contributed by atoms with Crippen molar-refractivity contribution < 1.29 is 41.1 Å². The number of alkyl halides is 6. The van der Waals surface area contributed by atoms with Crippen LogP contribution in [-0.2, 0) is 30.2 Å². The monoisotopic (exact) mass is 563 g/mol. The molecule has 5 rings (SSSR count). The molecule has 204 valence electrons. The Morgan fingerprint density at radius 1 is 1.11 bits per heavy atom. The maximum absolute atomic E-state index is 13.3. The smallest absolute Gasteiger partial charge is 0.369 e. The van der Waals surface area contributed by atoms with E-state index in [2.05, 4.69) is 10.2 Å². The average molecular weight is 564 g/mol. The first-order chi connectivity index (χ1) is 17.8. The van der Waals surface area contributed by atoms with Gasteiger partial charge >= 0.3 is 12.4 Å². The van der Waals surface area contributed by atoms with Gasteiger partial charge in [0.15, 0.2) is 5.82 Å². The number of piperidine rings is 1. The highest BCUT2D eigenvalue weighted by Gasteiger charge is 2.42. The summed E-state index contributed by atoms with van der Waals surface area (Å²) in [5.74, 6) is -1.84. The molecule has 0 bridgehead atoms. The van der Waals surface area contributed by atoms with Crippen molar-refractivity contribution in [1.29, 1.82) is 0 Å². The third-order valence-electron chi connectivity index (χ3n) is 7.15. The third-order valence-corrected chi connectivity index (χ3v) is 7.42. The van der Waals surface area contributed by atoms with Crippen LogP contribution in [0.1, 0.15) is 30.6 Å². The standard InChI is InChI=1S/C23H22ClF6N6O2/c1-12-9-33(19-15-3-2-13(22(25,26)27)8-17(15)36(38)10-16(19)24)5-4-14(12)20(37)34-6-7-35-18(11-34)31-32-21(35)23(28,29)30/h2-3,8,10,12,14,38H,4-7,9,11H2,1H3/q+1/t12-,14+/m1/s1. The van der Waals surface area contributed by atoms with E-state index in [4.69, 9.17) is 11.6 Å².